The van der Waals surface area contributed by atoms with Gasteiger partial charge in [0.2, 0.25) is 5.91 Å². The molecule has 35 heavy (non-hydrogen) atoms. The van der Waals surface area contributed by atoms with E-state index in [1.165, 1.54) is 30.0 Å². The average molecular weight is 526 g/mol. The van der Waals surface area contributed by atoms with Crippen LogP contribution in [0.4, 0.5) is 13.2 Å². The molecule has 2 rings (SSSR count). The molecule has 0 aromatic carbocycles. The highest BCUT2D eigenvalue weighted by atomic mass is 31.1. The van der Waals surface area contributed by atoms with Gasteiger partial charge in [0.15, 0.2) is 9.03 Å². The second-order valence-corrected chi connectivity index (χ2v) is 8.48. The number of aromatic nitrogens is 2. The van der Waals surface area contributed by atoms with Gasteiger partial charge in [-0.05, 0) is 31.8 Å². The summed E-state index contributed by atoms with van der Waals surface area (Å²) in [5, 5.41) is 2.66. The van der Waals surface area contributed by atoms with Crippen molar-refractivity contribution in [3.8, 4) is 0 Å². The van der Waals surface area contributed by atoms with E-state index in [1.807, 2.05) is 5.48 Å². The van der Waals surface area contributed by atoms with Crippen molar-refractivity contribution in [2.75, 3.05) is 26.8 Å². The first-order chi connectivity index (χ1) is 16.7. The lowest BCUT2D eigenvalue weighted by Gasteiger charge is -2.16. The molecule has 0 bridgehead atoms. The quantitative estimate of drug-likeness (QED) is 0.137. The second-order valence-electron chi connectivity index (χ2n) is 7.62. The van der Waals surface area contributed by atoms with Crippen LogP contribution in [0, 0.1) is 0 Å². The van der Waals surface area contributed by atoms with Crippen LogP contribution in [0.15, 0.2) is 21.9 Å². The highest BCUT2D eigenvalue weighted by Gasteiger charge is 2.29. The van der Waals surface area contributed by atoms with E-state index in [1.54, 1.807) is 0 Å². The molecule has 1 aromatic heterocycles. The number of carbonyl (C=O) groups excluding carboxylic acids is 1. The number of rotatable bonds is 15. The summed E-state index contributed by atoms with van der Waals surface area (Å²) in [5.41, 5.74) is 0.724. The number of hydrogen-bond acceptors (Lipinski definition) is 8. The van der Waals surface area contributed by atoms with Crippen molar-refractivity contribution in [2.24, 2.45) is 0 Å². The van der Waals surface area contributed by atoms with Crippen LogP contribution >= 0.6 is 9.03 Å². The van der Waals surface area contributed by atoms with Gasteiger partial charge in [-0.1, -0.05) is 12.8 Å². The molecule has 1 saturated heterocycles. The first kappa shape index (κ1) is 29.1. The van der Waals surface area contributed by atoms with Crippen molar-refractivity contribution < 1.29 is 36.6 Å². The molecule has 2 heterocycles. The Labute approximate surface area is 201 Å². The van der Waals surface area contributed by atoms with Crippen molar-refractivity contribution in [2.45, 2.75) is 57.2 Å². The summed E-state index contributed by atoms with van der Waals surface area (Å²) in [7, 11) is 1.43. The number of hydrogen-bond donors (Lipinski definition) is 3. The zero-order valence-electron chi connectivity index (χ0n) is 19.2. The fourth-order valence-electron chi connectivity index (χ4n) is 3.28. The monoisotopic (exact) mass is 526 g/mol. The predicted octanol–water partition coefficient (Wildman–Crippen LogP) is 2.12. The van der Waals surface area contributed by atoms with Crippen LogP contribution in [-0.4, -0.2) is 54.7 Å². The fourth-order valence-corrected chi connectivity index (χ4v) is 3.65. The third kappa shape index (κ3) is 11.5. The van der Waals surface area contributed by atoms with Crippen LogP contribution < -0.4 is 22.0 Å². The zero-order chi connectivity index (χ0) is 25.7. The first-order valence-electron chi connectivity index (χ1n) is 11.0. The maximum atomic E-state index is 12.2. The molecule has 0 aliphatic carbocycles. The summed E-state index contributed by atoms with van der Waals surface area (Å²) >= 11 is 0. The number of nitrogens with zero attached hydrogens (tertiary/aromatic N) is 1. The van der Waals surface area contributed by atoms with Crippen LogP contribution in [0.3, 0.4) is 0 Å². The minimum atomic E-state index is -4.70. The highest BCUT2D eigenvalue weighted by molar-refractivity contribution is 7.26. The molecular weight excluding hydrogens is 496 g/mol. The molecule has 15 heteroatoms. The lowest BCUT2D eigenvalue weighted by Crippen LogP contribution is -2.33. The van der Waals surface area contributed by atoms with Gasteiger partial charge in [-0.3, -0.25) is 19.1 Å². The van der Waals surface area contributed by atoms with Gasteiger partial charge in [0.25, 0.3) is 5.56 Å². The van der Waals surface area contributed by atoms with Gasteiger partial charge < -0.3 is 19.1 Å². The Bertz CT molecular complexity index is 939. The van der Waals surface area contributed by atoms with E-state index in [4.69, 9.17) is 13.8 Å². The van der Waals surface area contributed by atoms with Crippen LogP contribution in [0.5, 0.6) is 0 Å². The predicted molar refractivity (Wildman–Crippen MR) is 121 cm³/mol. The van der Waals surface area contributed by atoms with E-state index in [0.717, 1.165) is 0 Å². The Morgan fingerprint density at radius 2 is 2.00 bits per heavy atom. The van der Waals surface area contributed by atoms with Crippen molar-refractivity contribution in [1.82, 2.24) is 20.3 Å². The molecular formula is C20H30F3N4O7P. The molecule has 1 fully saturated rings. The summed E-state index contributed by atoms with van der Waals surface area (Å²) < 4.78 is 52.6. The maximum absolute atomic E-state index is 12.2. The Morgan fingerprint density at radius 3 is 2.71 bits per heavy atom. The molecule has 11 nitrogen and oxygen atoms in total. The molecule has 0 saturated carbocycles. The van der Waals surface area contributed by atoms with Gasteiger partial charge in [0.1, 0.15) is 6.23 Å². The van der Waals surface area contributed by atoms with Gasteiger partial charge in [-0.25, -0.2) is 9.63 Å². The van der Waals surface area contributed by atoms with Gasteiger partial charge in [0, 0.05) is 32.5 Å². The number of ether oxygens (including phenoxy) is 1. The van der Waals surface area contributed by atoms with Crippen LogP contribution in [0.25, 0.3) is 6.08 Å². The summed E-state index contributed by atoms with van der Waals surface area (Å²) in [6.07, 6.45) is 2.14. The SMILES string of the molecule is COPOC[C@@H]1CCC(n2cc(/C=C/C(=O)NCCCCCCNOC(F)(F)F)c(=O)[nH]c2=O)O1. The van der Waals surface area contributed by atoms with E-state index in [0.29, 0.717) is 51.7 Å². The molecule has 2 unspecified atom stereocenters. The van der Waals surface area contributed by atoms with Gasteiger partial charge >= 0.3 is 12.1 Å². The molecule has 1 aliphatic heterocycles. The molecule has 1 aromatic rings. The lowest BCUT2D eigenvalue weighted by molar-refractivity contribution is -0.350. The highest BCUT2D eigenvalue weighted by Crippen LogP contribution is 2.28. The molecule has 1 amide bonds. The number of H-pyrrole nitrogens is 1. The summed E-state index contributed by atoms with van der Waals surface area (Å²) in [6, 6.07) is 0. The number of alkyl halides is 3. The minimum Gasteiger partial charge on any atom is -0.353 e. The van der Waals surface area contributed by atoms with E-state index < -0.39 is 29.7 Å². The van der Waals surface area contributed by atoms with E-state index in [2.05, 4.69) is 15.1 Å². The summed E-state index contributed by atoms with van der Waals surface area (Å²) in [6.45, 7) is 0.769. The smallest absolute Gasteiger partial charge is 0.353 e. The van der Waals surface area contributed by atoms with Crippen molar-refractivity contribution in [3.63, 3.8) is 0 Å². The lowest BCUT2D eigenvalue weighted by atomic mass is 10.2. The second kappa shape index (κ2) is 15.1. The average Bonchev–Trinajstić information content (AvgIpc) is 3.25. The van der Waals surface area contributed by atoms with Crippen LogP contribution in [0.1, 0.15) is 50.3 Å². The number of hydroxylamine groups is 1. The Balaban J connectivity index is 1.74. The molecule has 0 radical (unpaired) electrons. The molecule has 3 N–H and O–H groups in total. The van der Waals surface area contributed by atoms with E-state index in [9.17, 15) is 27.6 Å². The maximum Gasteiger partial charge on any atom is 0.538 e. The number of amides is 1. The largest absolute Gasteiger partial charge is 0.538 e. The van der Waals surface area contributed by atoms with Gasteiger partial charge in [-0.2, -0.15) is 5.48 Å². The molecule has 1 aliphatic rings. The zero-order valence-corrected chi connectivity index (χ0v) is 20.2. The number of halogens is 3. The Kier molecular flexibility index (Phi) is 12.6. The standard InChI is InChI=1S/C20H30F3N4O7P/c1-31-35-32-13-15-7-9-17(33-15)27-12-14(18(29)26-19(27)30)6-8-16(28)24-10-4-2-3-5-11-25-34-20(21,22)23/h6,8,12,15,17,25,35H,2-5,7,9-11,13H2,1H3,(H,24,28)(H,26,29,30)/b8-6+/t15-,17?/m0/s1. The number of carbonyl (C=O) groups is 1. The van der Waals surface area contributed by atoms with Crippen LogP contribution in [0.2, 0.25) is 0 Å². The topological polar surface area (TPSA) is 133 Å². The van der Waals surface area contributed by atoms with E-state index in [-0.39, 0.29) is 27.2 Å². The summed E-state index contributed by atoms with van der Waals surface area (Å²) in [4.78, 5) is 42.0. The van der Waals surface area contributed by atoms with Crippen molar-refractivity contribution >= 4 is 21.0 Å². The molecule has 3 atom stereocenters. The minimum absolute atomic E-state index is 0.0692. The first-order valence-corrected chi connectivity index (χ1v) is 11.9. The van der Waals surface area contributed by atoms with Crippen molar-refractivity contribution in [3.05, 3.63) is 38.7 Å². The number of aromatic amines is 1. The number of nitrogens with one attached hydrogen (secondary N) is 3. The Morgan fingerprint density at radius 1 is 1.26 bits per heavy atom. The van der Waals surface area contributed by atoms with E-state index >= 15 is 0 Å². The molecule has 198 valence electrons. The summed E-state index contributed by atoms with van der Waals surface area (Å²) in [5.74, 6) is -0.421. The van der Waals surface area contributed by atoms with Gasteiger partial charge in [0.05, 0.1) is 18.3 Å². The Hall–Kier alpha value is -2.09. The van der Waals surface area contributed by atoms with Gasteiger partial charge in [-0.15, -0.1) is 13.2 Å². The van der Waals surface area contributed by atoms with Crippen LogP contribution in [-0.2, 0) is 23.4 Å². The third-order valence-corrected chi connectivity index (χ3v) is 5.36. The number of unbranched alkanes of at least 4 members (excludes halogenated alkanes) is 3. The normalized spacial score (nSPS) is 18.7. The molecule has 0 spiro atoms. The van der Waals surface area contributed by atoms with Crippen molar-refractivity contribution in [1.29, 1.82) is 0 Å². The fraction of sp³-hybridized carbons (Fsp3) is 0.650. The third-order valence-electron chi connectivity index (χ3n) is 4.91.